The molecular weight excluding hydrogens is 184 g/mol. The fraction of sp³-hybridized carbons (Fsp3) is 0.100. The molecule has 4 nitrogen and oxygen atoms in total. The maximum Gasteiger partial charge on any atom is 0.335 e. The van der Waals surface area contributed by atoms with Crippen molar-refractivity contribution >= 4 is 5.97 Å². The van der Waals surface area contributed by atoms with Gasteiger partial charge in [-0.3, -0.25) is 0 Å². The molecule has 1 aromatic rings. The van der Waals surface area contributed by atoms with Gasteiger partial charge in [0.2, 0.25) is 12.5 Å². The molecule has 0 N–H and O–H groups in total. The van der Waals surface area contributed by atoms with Crippen LogP contribution in [0.1, 0.15) is 0 Å². The van der Waals surface area contributed by atoms with E-state index in [4.69, 9.17) is 14.2 Å². The number of fused-ring (bicyclic) bond motifs is 1. The van der Waals surface area contributed by atoms with Gasteiger partial charge in [-0.15, -0.1) is 0 Å². The molecule has 0 spiro atoms. The summed E-state index contributed by atoms with van der Waals surface area (Å²) < 4.78 is 15.2. The van der Waals surface area contributed by atoms with Crippen LogP contribution in [0.15, 0.2) is 30.9 Å². The van der Waals surface area contributed by atoms with Crippen molar-refractivity contribution in [3.8, 4) is 17.2 Å². The second-order valence-electron chi connectivity index (χ2n) is 2.62. The van der Waals surface area contributed by atoms with Crippen LogP contribution in [-0.2, 0) is 4.79 Å². The van der Waals surface area contributed by atoms with Crippen LogP contribution in [0, 0.1) is 0 Å². The molecule has 0 fully saturated rings. The van der Waals surface area contributed by atoms with Gasteiger partial charge >= 0.3 is 5.97 Å². The van der Waals surface area contributed by atoms with E-state index < -0.39 is 5.97 Å². The number of rotatable bonds is 2. The number of para-hydroxylation sites is 1. The summed E-state index contributed by atoms with van der Waals surface area (Å²) in [5.74, 6) is 0.876. The Morgan fingerprint density at radius 3 is 3.14 bits per heavy atom. The molecular formula is C10H8O4. The van der Waals surface area contributed by atoms with Gasteiger partial charge in [-0.25, -0.2) is 4.79 Å². The third-order valence-electron chi connectivity index (χ3n) is 1.74. The van der Waals surface area contributed by atoms with E-state index in [1.165, 1.54) is 0 Å². The zero-order valence-corrected chi connectivity index (χ0v) is 7.36. The quantitative estimate of drug-likeness (QED) is 0.404. The van der Waals surface area contributed by atoms with Gasteiger partial charge in [0.25, 0.3) is 0 Å². The molecule has 4 heteroatoms. The first-order chi connectivity index (χ1) is 6.81. The van der Waals surface area contributed by atoms with Crippen molar-refractivity contribution in [2.75, 3.05) is 6.79 Å². The Morgan fingerprint density at radius 1 is 1.50 bits per heavy atom. The van der Waals surface area contributed by atoms with E-state index >= 15 is 0 Å². The average molecular weight is 192 g/mol. The number of esters is 1. The summed E-state index contributed by atoms with van der Waals surface area (Å²) >= 11 is 0. The molecule has 1 aromatic carbocycles. The highest BCUT2D eigenvalue weighted by atomic mass is 16.7. The molecule has 1 aliphatic rings. The van der Waals surface area contributed by atoms with E-state index in [0.29, 0.717) is 17.2 Å². The number of carbonyl (C=O) groups is 1. The van der Waals surface area contributed by atoms with Crippen molar-refractivity contribution in [1.29, 1.82) is 0 Å². The number of ether oxygens (including phenoxy) is 3. The van der Waals surface area contributed by atoms with E-state index in [2.05, 4.69) is 6.58 Å². The van der Waals surface area contributed by atoms with Crippen molar-refractivity contribution in [3.63, 3.8) is 0 Å². The first-order valence-corrected chi connectivity index (χ1v) is 4.04. The number of carbonyl (C=O) groups excluding carboxylic acids is 1. The van der Waals surface area contributed by atoms with Crippen molar-refractivity contribution in [2.45, 2.75) is 0 Å². The average Bonchev–Trinajstić information content (AvgIpc) is 2.66. The first kappa shape index (κ1) is 8.62. The fourth-order valence-corrected chi connectivity index (χ4v) is 1.13. The van der Waals surface area contributed by atoms with E-state index in [1.54, 1.807) is 18.2 Å². The van der Waals surface area contributed by atoms with Crippen LogP contribution < -0.4 is 14.2 Å². The molecule has 14 heavy (non-hydrogen) atoms. The summed E-state index contributed by atoms with van der Waals surface area (Å²) in [4.78, 5) is 10.9. The lowest BCUT2D eigenvalue weighted by Crippen LogP contribution is -2.03. The largest absolute Gasteiger partial charge is 0.453 e. The Balaban J connectivity index is 2.30. The van der Waals surface area contributed by atoms with Crippen molar-refractivity contribution in [2.24, 2.45) is 0 Å². The van der Waals surface area contributed by atoms with Crippen LogP contribution in [0.4, 0.5) is 0 Å². The summed E-state index contributed by atoms with van der Waals surface area (Å²) in [5, 5.41) is 0. The second-order valence-corrected chi connectivity index (χ2v) is 2.62. The van der Waals surface area contributed by atoms with Gasteiger partial charge in [-0.1, -0.05) is 12.6 Å². The normalized spacial score (nSPS) is 12.3. The highest BCUT2D eigenvalue weighted by Crippen LogP contribution is 2.40. The summed E-state index contributed by atoms with van der Waals surface area (Å²) in [6.45, 7) is 3.45. The van der Waals surface area contributed by atoms with Crippen LogP contribution in [0.5, 0.6) is 17.2 Å². The summed E-state index contributed by atoms with van der Waals surface area (Å²) in [6.07, 6.45) is 1.09. The Bertz CT molecular complexity index is 384. The van der Waals surface area contributed by atoms with Crippen LogP contribution in [-0.4, -0.2) is 12.8 Å². The minimum Gasteiger partial charge on any atom is -0.453 e. The molecule has 0 saturated carbocycles. The van der Waals surface area contributed by atoms with E-state index in [-0.39, 0.29) is 6.79 Å². The van der Waals surface area contributed by atoms with Crippen molar-refractivity contribution < 1.29 is 19.0 Å². The molecule has 0 aliphatic carbocycles. The van der Waals surface area contributed by atoms with Crippen molar-refractivity contribution in [1.82, 2.24) is 0 Å². The standard InChI is InChI=1S/C10H8O4/c1-2-9(11)14-8-5-3-4-7-10(8)13-6-12-7/h2-5H,1,6H2. The fourth-order valence-electron chi connectivity index (χ4n) is 1.13. The molecule has 0 radical (unpaired) electrons. The van der Waals surface area contributed by atoms with Crippen molar-refractivity contribution in [3.05, 3.63) is 30.9 Å². The maximum absolute atomic E-state index is 10.9. The highest BCUT2D eigenvalue weighted by Gasteiger charge is 2.19. The Hall–Kier alpha value is -1.97. The minimum absolute atomic E-state index is 0.151. The van der Waals surface area contributed by atoms with Crippen LogP contribution >= 0.6 is 0 Å². The highest BCUT2D eigenvalue weighted by molar-refractivity contribution is 5.84. The van der Waals surface area contributed by atoms with Gasteiger partial charge in [-0.2, -0.15) is 0 Å². The molecule has 0 amide bonds. The predicted octanol–water partition coefficient (Wildman–Crippen LogP) is 1.51. The van der Waals surface area contributed by atoms with Crippen LogP contribution in [0.2, 0.25) is 0 Å². The topological polar surface area (TPSA) is 44.8 Å². The lowest BCUT2D eigenvalue weighted by molar-refractivity contribution is -0.129. The molecule has 0 saturated heterocycles. The third kappa shape index (κ3) is 1.42. The van der Waals surface area contributed by atoms with E-state index in [0.717, 1.165) is 6.08 Å². The predicted molar refractivity (Wildman–Crippen MR) is 48.4 cm³/mol. The van der Waals surface area contributed by atoms with Gasteiger partial charge in [0, 0.05) is 6.08 Å². The smallest absolute Gasteiger partial charge is 0.335 e. The Kier molecular flexibility index (Phi) is 2.10. The summed E-state index contributed by atoms with van der Waals surface area (Å²) in [5.41, 5.74) is 0. The molecule has 1 aliphatic heterocycles. The molecule has 1 heterocycles. The molecule has 0 bridgehead atoms. The lowest BCUT2D eigenvalue weighted by Gasteiger charge is -2.03. The van der Waals surface area contributed by atoms with Gasteiger partial charge in [0.15, 0.2) is 11.5 Å². The Labute approximate surface area is 80.7 Å². The van der Waals surface area contributed by atoms with Gasteiger partial charge in [0.05, 0.1) is 0 Å². The minimum atomic E-state index is -0.520. The van der Waals surface area contributed by atoms with Crippen LogP contribution in [0.3, 0.4) is 0 Å². The van der Waals surface area contributed by atoms with Gasteiger partial charge in [0.1, 0.15) is 0 Å². The number of benzene rings is 1. The summed E-state index contributed by atoms with van der Waals surface area (Å²) in [6, 6.07) is 5.10. The molecule has 0 aromatic heterocycles. The number of hydrogen-bond donors (Lipinski definition) is 0. The third-order valence-corrected chi connectivity index (χ3v) is 1.74. The molecule has 0 unspecified atom stereocenters. The van der Waals surface area contributed by atoms with Gasteiger partial charge < -0.3 is 14.2 Å². The first-order valence-electron chi connectivity index (χ1n) is 4.04. The van der Waals surface area contributed by atoms with E-state index in [9.17, 15) is 4.79 Å². The Morgan fingerprint density at radius 2 is 2.36 bits per heavy atom. The lowest BCUT2D eigenvalue weighted by atomic mass is 10.3. The number of hydrogen-bond acceptors (Lipinski definition) is 4. The van der Waals surface area contributed by atoms with Crippen LogP contribution in [0.25, 0.3) is 0 Å². The SMILES string of the molecule is C=CC(=O)Oc1cccc2c1OCO2. The molecule has 2 rings (SSSR count). The second kappa shape index (κ2) is 3.41. The maximum atomic E-state index is 10.9. The van der Waals surface area contributed by atoms with Gasteiger partial charge in [-0.05, 0) is 12.1 Å². The zero-order valence-electron chi connectivity index (χ0n) is 7.36. The zero-order chi connectivity index (χ0) is 9.97. The summed E-state index contributed by atoms with van der Waals surface area (Å²) in [7, 11) is 0. The molecule has 0 atom stereocenters. The molecule has 72 valence electrons. The van der Waals surface area contributed by atoms with E-state index in [1.807, 2.05) is 0 Å². The monoisotopic (exact) mass is 192 g/mol.